The van der Waals surface area contributed by atoms with Gasteiger partial charge in [-0.05, 0) is 51.8 Å². The third-order valence-corrected chi connectivity index (χ3v) is 4.52. The maximum Gasteiger partial charge on any atom is 0.335 e. The first kappa shape index (κ1) is 17.9. The number of nitrogens with one attached hydrogen (secondary N) is 1. The number of barbiturate groups is 1. The van der Waals surface area contributed by atoms with Crippen LogP contribution in [0.25, 0.3) is 6.08 Å². The Morgan fingerprint density at radius 2 is 1.73 bits per heavy atom. The van der Waals surface area contributed by atoms with Crippen LogP contribution < -0.4 is 15.1 Å². The van der Waals surface area contributed by atoms with Crippen LogP contribution in [0.15, 0.2) is 58.6 Å². The zero-order chi connectivity index (χ0) is 18.8. The molecule has 4 amide bonds. The van der Waals surface area contributed by atoms with E-state index >= 15 is 0 Å². The Labute approximate surface area is 159 Å². The highest BCUT2D eigenvalue weighted by molar-refractivity contribution is 9.10. The molecule has 0 saturated carbocycles. The van der Waals surface area contributed by atoms with E-state index in [9.17, 15) is 14.4 Å². The number of imide groups is 2. The van der Waals surface area contributed by atoms with Crippen molar-refractivity contribution in [3.63, 3.8) is 0 Å². The van der Waals surface area contributed by atoms with Gasteiger partial charge in [0, 0.05) is 18.6 Å². The topological polar surface area (TPSA) is 69.7 Å². The fourth-order valence-corrected chi connectivity index (χ4v) is 3.36. The molecule has 0 aromatic heterocycles. The van der Waals surface area contributed by atoms with Gasteiger partial charge in [0.25, 0.3) is 11.8 Å². The summed E-state index contributed by atoms with van der Waals surface area (Å²) in [6.45, 7) is 0. The van der Waals surface area contributed by atoms with Gasteiger partial charge in [0.15, 0.2) is 0 Å². The number of urea groups is 1. The van der Waals surface area contributed by atoms with Crippen LogP contribution >= 0.6 is 15.9 Å². The molecule has 0 spiro atoms. The molecule has 3 rings (SSSR count). The van der Waals surface area contributed by atoms with Crippen molar-refractivity contribution < 1.29 is 14.4 Å². The molecule has 0 aliphatic carbocycles. The first-order valence-corrected chi connectivity index (χ1v) is 8.61. The van der Waals surface area contributed by atoms with E-state index in [0.717, 1.165) is 15.1 Å². The van der Waals surface area contributed by atoms with Gasteiger partial charge in [0.1, 0.15) is 5.57 Å². The molecule has 1 heterocycles. The molecular weight excluding hydrogens is 398 g/mol. The van der Waals surface area contributed by atoms with Crippen molar-refractivity contribution in [3.05, 3.63) is 64.1 Å². The summed E-state index contributed by atoms with van der Waals surface area (Å²) in [4.78, 5) is 40.0. The second kappa shape index (κ2) is 7.13. The molecule has 0 bridgehead atoms. The number of nitrogens with zero attached hydrogens (tertiary/aromatic N) is 2. The highest BCUT2D eigenvalue weighted by Gasteiger charge is 2.36. The lowest BCUT2D eigenvalue weighted by Crippen LogP contribution is -2.54. The Morgan fingerprint density at radius 3 is 2.35 bits per heavy atom. The van der Waals surface area contributed by atoms with Gasteiger partial charge < -0.3 is 4.90 Å². The minimum Gasteiger partial charge on any atom is -0.377 e. The zero-order valence-electron chi connectivity index (χ0n) is 14.2. The number of amides is 4. The molecule has 1 aliphatic heterocycles. The number of anilines is 2. The molecule has 1 N–H and O–H groups in total. The van der Waals surface area contributed by atoms with Crippen LogP contribution in [0, 0.1) is 0 Å². The fourth-order valence-electron chi connectivity index (χ4n) is 2.61. The average molecular weight is 414 g/mol. The number of rotatable bonds is 3. The van der Waals surface area contributed by atoms with Gasteiger partial charge in [-0.15, -0.1) is 0 Å². The summed E-state index contributed by atoms with van der Waals surface area (Å²) >= 11 is 3.48. The second-order valence-corrected chi connectivity index (χ2v) is 6.75. The molecule has 1 aliphatic rings. The van der Waals surface area contributed by atoms with Crippen molar-refractivity contribution in [2.45, 2.75) is 0 Å². The lowest BCUT2D eigenvalue weighted by atomic mass is 10.1. The number of para-hydroxylation sites is 1. The Balaban J connectivity index is 1.99. The van der Waals surface area contributed by atoms with E-state index in [-0.39, 0.29) is 5.57 Å². The summed E-state index contributed by atoms with van der Waals surface area (Å²) in [5.41, 5.74) is 1.94. The van der Waals surface area contributed by atoms with Crippen LogP contribution in [0.1, 0.15) is 5.56 Å². The van der Waals surface area contributed by atoms with Gasteiger partial charge in [-0.25, -0.2) is 9.69 Å². The predicted octanol–water partition coefficient (Wildman–Crippen LogP) is 3.18. The van der Waals surface area contributed by atoms with Crippen LogP contribution in [-0.4, -0.2) is 31.9 Å². The Bertz CT molecular complexity index is 923. The Kier molecular flexibility index (Phi) is 4.90. The number of halogens is 1. The molecule has 2 aromatic rings. The molecule has 0 radical (unpaired) electrons. The monoisotopic (exact) mass is 413 g/mol. The van der Waals surface area contributed by atoms with Crippen molar-refractivity contribution in [3.8, 4) is 0 Å². The smallest absolute Gasteiger partial charge is 0.335 e. The quantitative estimate of drug-likeness (QED) is 0.619. The maximum atomic E-state index is 12.8. The van der Waals surface area contributed by atoms with Crippen molar-refractivity contribution in [2.24, 2.45) is 0 Å². The highest BCUT2D eigenvalue weighted by atomic mass is 79.9. The number of benzene rings is 2. The summed E-state index contributed by atoms with van der Waals surface area (Å²) < 4.78 is 0.830. The average Bonchev–Trinajstić information content (AvgIpc) is 2.59. The van der Waals surface area contributed by atoms with E-state index < -0.39 is 17.8 Å². The maximum absolute atomic E-state index is 12.8. The van der Waals surface area contributed by atoms with E-state index in [4.69, 9.17) is 0 Å². The van der Waals surface area contributed by atoms with Gasteiger partial charge in [-0.2, -0.15) is 0 Å². The molecule has 2 aromatic carbocycles. The largest absolute Gasteiger partial charge is 0.377 e. The molecule has 1 fully saturated rings. The molecule has 7 heteroatoms. The van der Waals surface area contributed by atoms with Crippen molar-refractivity contribution in [1.82, 2.24) is 5.32 Å². The van der Waals surface area contributed by atoms with Gasteiger partial charge in [-0.3, -0.25) is 14.9 Å². The molecule has 6 nitrogen and oxygen atoms in total. The molecule has 0 unspecified atom stereocenters. The van der Waals surface area contributed by atoms with Crippen molar-refractivity contribution >= 4 is 51.2 Å². The highest BCUT2D eigenvalue weighted by Crippen LogP contribution is 2.27. The van der Waals surface area contributed by atoms with E-state index in [2.05, 4.69) is 21.2 Å². The summed E-state index contributed by atoms with van der Waals surface area (Å²) in [6, 6.07) is 13.2. The SMILES string of the molecule is CN(C)c1ccc(C=C2C(=O)NC(=O)N(c3ccccc3)C2=O)cc1Br. The third kappa shape index (κ3) is 3.39. The molecule has 1 saturated heterocycles. The predicted molar refractivity (Wildman–Crippen MR) is 104 cm³/mol. The fraction of sp³-hybridized carbons (Fsp3) is 0.105. The standard InChI is InChI=1S/C19H16BrN3O3/c1-22(2)16-9-8-12(11-15(16)20)10-14-17(24)21-19(26)23(18(14)25)13-6-4-3-5-7-13/h3-11H,1-2H3,(H,21,24,26). The van der Waals surface area contributed by atoms with Crippen LogP contribution in [0.4, 0.5) is 16.2 Å². The lowest BCUT2D eigenvalue weighted by Gasteiger charge is -2.26. The van der Waals surface area contributed by atoms with Gasteiger partial charge in [-0.1, -0.05) is 24.3 Å². The van der Waals surface area contributed by atoms with Gasteiger partial charge >= 0.3 is 6.03 Å². The Morgan fingerprint density at radius 1 is 1.04 bits per heavy atom. The van der Waals surface area contributed by atoms with E-state index in [1.165, 1.54) is 6.08 Å². The number of hydrogen-bond donors (Lipinski definition) is 1. The normalized spacial score (nSPS) is 16.0. The van der Waals surface area contributed by atoms with E-state index in [1.54, 1.807) is 36.4 Å². The Hall–Kier alpha value is -2.93. The minimum absolute atomic E-state index is 0.0991. The van der Waals surface area contributed by atoms with Crippen molar-refractivity contribution in [2.75, 3.05) is 23.9 Å². The summed E-state index contributed by atoms with van der Waals surface area (Å²) in [5.74, 6) is -1.36. The van der Waals surface area contributed by atoms with Crippen LogP contribution in [0.2, 0.25) is 0 Å². The van der Waals surface area contributed by atoms with Gasteiger partial charge in [0.2, 0.25) is 0 Å². The molecule has 26 heavy (non-hydrogen) atoms. The summed E-state index contributed by atoms with van der Waals surface area (Å²) in [6.07, 6.45) is 1.48. The van der Waals surface area contributed by atoms with Crippen molar-refractivity contribution in [1.29, 1.82) is 0 Å². The van der Waals surface area contributed by atoms with Crippen LogP contribution in [0.3, 0.4) is 0 Å². The van der Waals surface area contributed by atoms with E-state index in [0.29, 0.717) is 11.3 Å². The summed E-state index contributed by atoms with van der Waals surface area (Å²) in [5, 5.41) is 2.21. The summed E-state index contributed by atoms with van der Waals surface area (Å²) in [7, 11) is 3.83. The third-order valence-electron chi connectivity index (χ3n) is 3.88. The first-order chi connectivity index (χ1) is 12.4. The number of carbonyl (C=O) groups excluding carboxylic acids is 3. The molecule has 132 valence electrons. The van der Waals surface area contributed by atoms with Crippen LogP contribution in [-0.2, 0) is 9.59 Å². The first-order valence-electron chi connectivity index (χ1n) is 7.82. The lowest BCUT2D eigenvalue weighted by molar-refractivity contribution is -0.122. The molecular formula is C19H16BrN3O3. The number of carbonyl (C=O) groups is 3. The van der Waals surface area contributed by atoms with Gasteiger partial charge in [0.05, 0.1) is 11.4 Å². The number of hydrogen-bond acceptors (Lipinski definition) is 4. The minimum atomic E-state index is -0.757. The zero-order valence-corrected chi connectivity index (χ0v) is 15.8. The van der Waals surface area contributed by atoms with E-state index in [1.807, 2.05) is 31.1 Å². The second-order valence-electron chi connectivity index (χ2n) is 5.90. The van der Waals surface area contributed by atoms with Crippen LogP contribution in [0.5, 0.6) is 0 Å². The molecule has 0 atom stereocenters.